The quantitative estimate of drug-likeness (QED) is 0.834. The number of nitrogens with zero attached hydrogens (tertiary/aromatic N) is 1. The Balaban J connectivity index is 1.97. The summed E-state index contributed by atoms with van der Waals surface area (Å²) < 4.78 is 13.0. The zero-order valence-electron chi connectivity index (χ0n) is 9.38. The van der Waals surface area contributed by atoms with Crippen molar-refractivity contribution in [3.8, 4) is 0 Å². The van der Waals surface area contributed by atoms with Crippen LogP contribution in [0.3, 0.4) is 0 Å². The van der Waals surface area contributed by atoms with E-state index in [1.54, 1.807) is 12.1 Å². The molecular formula is C13H17FN2. The Hall–Kier alpha value is -1.19. The van der Waals surface area contributed by atoms with E-state index in [2.05, 4.69) is 16.8 Å². The second-order valence-electron chi connectivity index (χ2n) is 4.14. The van der Waals surface area contributed by atoms with E-state index in [0.717, 1.165) is 43.9 Å². The molecule has 0 atom stereocenters. The fourth-order valence-electron chi connectivity index (χ4n) is 1.94. The van der Waals surface area contributed by atoms with Crippen molar-refractivity contribution in [3.63, 3.8) is 0 Å². The van der Waals surface area contributed by atoms with E-state index < -0.39 is 0 Å². The number of piperazine rings is 1. The van der Waals surface area contributed by atoms with Crippen LogP contribution in [0, 0.1) is 5.82 Å². The summed E-state index contributed by atoms with van der Waals surface area (Å²) in [6.45, 7) is 8.98. The van der Waals surface area contributed by atoms with E-state index in [1.807, 2.05) is 6.07 Å². The summed E-state index contributed by atoms with van der Waals surface area (Å²) in [5.41, 5.74) is 1.89. The summed E-state index contributed by atoms with van der Waals surface area (Å²) in [5, 5.41) is 3.31. The van der Waals surface area contributed by atoms with Gasteiger partial charge >= 0.3 is 0 Å². The number of nitrogens with one attached hydrogen (secondary N) is 1. The predicted octanol–water partition coefficient (Wildman–Crippen LogP) is 1.74. The molecule has 0 radical (unpaired) electrons. The molecule has 1 fully saturated rings. The molecule has 1 aromatic rings. The van der Waals surface area contributed by atoms with Gasteiger partial charge in [-0.15, -0.1) is 0 Å². The van der Waals surface area contributed by atoms with Gasteiger partial charge in [-0.3, -0.25) is 4.90 Å². The van der Waals surface area contributed by atoms with Crippen molar-refractivity contribution in [2.75, 3.05) is 32.7 Å². The molecule has 1 heterocycles. The molecular weight excluding hydrogens is 203 g/mol. The molecule has 0 spiro atoms. The average molecular weight is 220 g/mol. The lowest BCUT2D eigenvalue weighted by Gasteiger charge is -2.27. The molecule has 0 saturated carbocycles. The van der Waals surface area contributed by atoms with Crippen LogP contribution in [-0.4, -0.2) is 37.6 Å². The molecule has 86 valence electrons. The largest absolute Gasteiger partial charge is 0.314 e. The summed E-state index contributed by atoms with van der Waals surface area (Å²) in [4.78, 5) is 2.34. The van der Waals surface area contributed by atoms with Crippen LogP contribution >= 0.6 is 0 Å². The lowest BCUT2D eigenvalue weighted by molar-refractivity contribution is 0.268. The predicted molar refractivity (Wildman–Crippen MR) is 64.7 cm³/mol. The van der Waals surface area contributed by atoms with Crippen molar-refractivity contribution in [3.05, 3.63) is 42.2 Å². The molecule has 0 unspecified atom stereocenters. The Labute approximate surface area is 95.8 Å². The lowest BCUT2D eigenvalue weighted by atomic mass is 10.1. The normalized spacial score (nSPS) is 17.3. The average Bonchev–Trinajstić information content (AvgIpc) is 2.30. The maximum absolute atomic E-state index is 13.0. The Morgan fingerprint density at radius 1 is 1.38 bits per heavy atom. The first kappa shape index (κ1) is 11.3. The second kappa shape index (κ2) is 5.23. The molecule has 2 rings (SSSR count). The van der Waals surface area contributed by atoms with E-state index in [4.69, 9.17) is 0 Å². The Bertz CT molecular complexity index is 370. The number of hydrogen-bond donors (Lipinski definition) is 1. The van der Waals surface area contributed by atoms with Crippen LogP contribution in [0.2, 0.25) is 0 Å². The molecule has 0 aliphatic carbocycles. The molecule has 2 nitrogen and oxygen atoms in total. The highest BCUT2D eigenvalue weighted by Gasteiger charge is 2.11. The van der Waals surface area contributed by atoms with Gasteiger partial charge in [0.2, 0.25) is 0 Å². The number of rotatable bonds is 3. The fraction of sp³-hybridized carbons (Fsp3) is 0.385. The third-order valence-electron chi connectivity index (χ3n) is 2.86. The standard InChI is InChI=1S/C13H17FN2/c1-11(10-16-7-5-15-6-8-16)12-3-2-4-13(14)9-12/h2-4,9,15H,1,5-8,10H2. The van der Waals surface area contributed by atoms with Gasteiger partial charge in [0.15, 0.2) is 0 Å². The summed E-state index contributed by atoms with van der Waals surface area (Å²) in [7, 11) is 0. The van der Waals surface area contributed by atoms with E-state index in [9.17, 15) is 4.39 Å². The molecule has 0 amide bonds. The van der Waals surface area contributed by atoms with Crippen molar-refractivity contribution >= 4 is 5.57 Å². The van der Waals surface area contributed by atoms with Gasteiger partial charge in [0.1, 0.15) is 5.82 Å². The van der Waals surface area contributed by atoms with Crippen LogP contribution in [0.15, 0.2) is 30.8 Å². The maximum Gasteiger partial charge on any atom is 0.123 e. The van der Waals surface area contributed by atoms with E-state index in [1.165, 1.54) is 6.07 Å². The van der Waals surface area contributed by atoms with Gasteiger partial charge in [-0.05, 0) is 23.3 Å². The number of hydrogen-bond acceptors (Lipinski definition) is 2. The third kappa shape index (κ3) is 2.90. The Kier molecular flexibility index (Phi) is 3.70. The Morgan fingerprint density at radius 3 is 2.81 bits per heavy atom. The first-order valence-electron chi connectivity index (χ1n) is 5.62. The smallest absolute Gasteiger partial charge is 0.123 e. The minimum absolute atomic E-state index is 0.195. The van der Waals surface area contributed by atoms with Gasteiger partial charge in [-0.25, -0.2) is 4.39 Å². The van der Waals surface area contributed by atoms with Crippen LogP contribution in [0.4, 0.5) is 4.39 Å². The first-order valence-corrected chi connectivity index (χ1v) is 5.62. The molecule has 1 aromatic carbocycles. The van der Waals surface area contributed by atoms with Crippen LogP contribution in [0.5, 0.6) is 0 Å². The van der Waals surface area contributed by atoms with Gasteiger partial charge in [0, 0.05) is 32.7 Å². The highest BCUT2D eigenvalue weighted by molar-refractivity contribution is 5.64. The summed E-state index contributed by atoms with van der Waals surface area (Å²) >= 11 is 0. The molecule has 1 saturated heterocycles. The van der Waals surface area contributed by atoms with Crippen molar-refractivity contribution in [2.24, 2.45) is 0 Å². The topological polar surface area (TPSA) is 15.3 Å². The lowest BCUT2D eigenvalue weighted by Crippen LogP contribution is -2.43. The number of benzene rings is 1. The molecule has 0 aromatic heterocycles. The van der Waals surface area contributed by atoms with E-state index >= 15 is 0 Å². The minimum atomic E-state index is -0.195. The fourth-order valence-corrected chi connectivity index (χ4v) is 1.94. The second-order valence-corrected chi connectivity index (χ2v) is 4.14. The zero-order chi connectivity index (χ0) is 11.4. The van der Waals surface area contributed by atoms with Crippen LogP contribution in [0.25, 0.3) is 5.57 Å². The van der Waals surface area contributed by atoms with Crippen LogP contribution < -0.4 is 5.32 Å². The first-order chi connectivity index (χ1) is 7.75. The van der Waals surface area contributed by atoms with Crippen molar-refractivity contribution in [2.45, 2.75) is 0 Å². The molecule has 0 bridgehead atoms. The number of halogens is 1. The Morgan fingerprint density at radius 2 is 2.12 bits per heavy atom. The highest BCUT2D eigenvalue weighted by atomic mass is 19.1. The zero-order valence-corrected chi connectivity index (χ0v) is 9.38. The van der Waals surface area contributed by atoms with Gasteiger partial charge in [0.25, 0.3) is 0 Å². The van der Waals surface area contributed by atoms with Gasteiger partial charge < -0.3 is 5.32 Å². The van der Waals surface area contributed by atoms with E-state index in [0.29, 0.717) is 0 Å². The monoisotopic (exact) mass is 220 g/mol. The van der Waals surface area contributed by atoms with Gasteiger partial charge in [0.05, 0.1) is 0 Å². The van der Waals surface area contributed by atoms with Crippen LogP contribution in [0.1, 0.15) is 5.56 Å². The minimum Gasteiger partial charge on any atom is -0.314 e. The third-order valence-corrected chi connectivity index (χ3v) is 2.86. The molecule has 16 heavy (non-hydrogen) atoms. The SMILES string of the molecule is C=C(CN1CCNCC1)c1cccc(F)c1. The van der Waals surface area contributed by atoms with Crippen molar-refractivity contribution in [1.82, 2.24) is 10.2 Å². The maximum atomic E-state index is 13.0. The summed E-state index contributed by atoms with van der Waals surface area (Å²) in [6, 6.07) is 6.65. The molecule has 1 aliphatic rings. The highest BCUT2D eigenvalue weighted by Crippen LogP contribution is 2.15. The van der Waals surface area contributed by atoms with Crippen molar-refractivity contribution < 1.29 is 4.39 Å². The van der Waals surface area contributed by atoms with Crippen molar-refractivity contribution in [1.29, 1.82) is 0 Å². The van der Waals surface area contributed by atoms with E-state index in [-0.39, 0.29) is 5.82 Å². The summed E-state index contributed by atoms with van der Waals surface area (Å²) in [6.07, 6.45) is 0. The van der Waals surface area contributed by atoms with Gasteiger partial charge in [-0.1, -0.05) is 18.7 Å². The molecule has 1 N–H and O–H groups in total. The van der Waals surface area contributed by atoms with Crippen LogP contribution in [-0.2, 0) is 0 Å². The van der Waals surface area contributed by atoms with Gasteiger partial charge in [-0.2, -0.15) is 0 Å². The summed E-state index contributed by atoms with van der Waals surface area (Å²) in [5.74, 6) is -0.195. The molecule has 3 heteroatoms. The molecule has 1 aliphatic heterocycles.